The van der Waals surface area contributed by atoms with Gasteiger partial charge in [0.2, 0.25) is 0 Å². The van der Waals surface area contributed by atoms with Crippen LogP contribution in [-0.4, -0.2) is 32.8 Å². The van der Waals surface area contributed by atoms with Gasteiger partial charge in [-0.1, -0.05) is 52.4 Å². The molecule has 1 aliphatic rings. The van der Waals surface area contributed by atoms with Crippen LogP contribution in [0.25, 0.3) is 11.1 Å². The summed E-state index contributed by atoms with van der Waals surface area (Å²) in [4.78, 5) is 24.9. The molecule has 0 saturated carbocycles. The Hall–Kier alpha value is -4.12. The van der Waals surface area contributed by atoms with Crippen LogP contribution in [-0.2, 0) is 26.5 Å². The van der Waals surface area contributed by atoms with Crippen molar-refractivity contribution in [2.45, 2.75) is 45.8 Å². The van der Waals surface area contributed by atoms with Crippen LogP contribution < -0.4 is 14.8 Å². The molecular weight excluding hydrogens is 527 g/mol. The number of fused-ring (bicyclic) bond motifs is 3. The number of benzene rings is 3. The van der Waals surface area contributed by atoms with Crippen molar-refractivity contribution >= 4 is 28.4 Å². The molecule has 11 heteroatoms. The summed E-state index contributed by atoms with van der Waals surface area (Å²) in [6.45, 7) is 6.66. The quantitative estimate of drug-likeness (QED) is 0.344. The van der Waals surface area contributed by atoms with Crippen molar-refractivity contribution in [3.05, 3.63) is 82.9 Å². The van der Waals surface area contributed by atoms with Crippen LogP contribution in [0.2, 0.25) is 0 Å². The molecule has 0 bridgehead atoms. The summed E-state index contributed by atoms with van der Waals surface area (Å²) >= 11 is 0. The normalized spacial score (nSPS) is 12.7. The van der Waals surface area contributed by atoms with E-state index in [0.29, 0.717) is 11.1 Å². The van der Waals surface area contributed by atoms with Gasteiger partial charge in [0.1, 0.15) is 18.0 Å². The highest BCUT2D eigenvalue weighted by Crippen LogP contribution is 2.44. The van der Waals surface area contributed by atoms with Gasteiger partial charge in [-0.05, 0) is 67.1 Å². The number of halogens is 1. The second-order valence-electron chi connectivity index (χ2n) is 10.0. The maximum atomic E-state index is 13.2. The molecule has 0 unspecified atom stereocenters. The smallest absolute Gasteiger partial charge is 0.449 e. The first kappa shape index (κ1) is 27.9. The number of carbonyl (C=O) groups is 2. The first-order valence-electron chi connectivity index (χ1n) is 12.2. The minimum atomic E-state index is -5.34. The van der Waals surface area contributed by atoms with Gasteiger partial charge in [0.25, 0.3) is 0 Å². The maximum Gasteiger partial charge on any atom is 0.488 e. The Bertz CT molecular complexity index is 1470. The zero-order chi connectivity index (χ0) is 28.4. The van der Waals surface area contributed by atoms with Crippen LogP contribution in [0, 0.1) is 6.92 Å². The first-order valence-corrected chi connectivity index (χ1v) is 13.5. The van der Waals surface area contributed by atoms with Crippen LogP contribution in [0.1, 0.15) is 48.9 Å². The Morgan fingerprint density at radius 3 is 2.10 bits per heavy atom. The summed E-state index contributed by atoms with van der Waals surface area (Å²) in [6, 6.07) is 18.3. The Morgan fingerprint density at radius 2 is 1.54 bits per heavy atom. The van der Waals surface area contributed by atoms with E-state index in [0.717, 1.165) is 28.3 Å². The molecule has 0 radical (unpaired) electrons. The van der Waals surface area contributed by atoms with Gasteiger partial charge in [0.05, 0.1) is 5.69 Å². The Kier molecular flexibility index (Phi) is 7.82. The van der Waals surface area contributed by atoms with Gasteiger partial charge in [-0.15, -0.1) is 0 Å². The number of rotatable bonds is 7. The summed E-state index contributed by atoms with van der Waals surface area (Å²) in [5.41, 5.74) is 4.50. The Labute approximate surface area is 226 Å². The van der Waals surface area contributed by atoms with Crippen LogP contribution in [0.5, 0.6) is 5.75 Å². The molecule has 0 aliphatic heterocycles. The molecule has 0 aromatic heterocycles. The summed E-state index contributed by atoms with van der Waals surface area (Å²) < 4.78 is 50.6. The summed E-state index contributed by atoms with van der Waals surface area (Å²) in [5, 5.41) is 5.12. The van der Waals surface area contributed by atoms with Crippen LogP contribution in [0.4, 0.5) is 19.2 Å². The van der Waals surface area contributed by atoms with E-state index in [2.05, 4.69) is 14.8 Å². The molecule has 3 aromatic rings. The van der Waals surface area contributed by atoms with E-state index >= 15 is 0 Å². The van der Waals surface area contributed by atoms with Gasteiger partial charge in [-0.25, -0.2) is 9.59 Å². The second-order valence-corrected chi connectivity index (χ2v) is 11.0. The topological polar surface area (TPSA) is 120 Å². The van der Waals surface area contributed by atoms with E-state index in [1.165, 1.54) is 6.07 Å². The average Bonchev–Trinajstić information content (AvgIpc) is 3.15. The lowest BCUT2D eigenvalue weighted by atomic mass is 9.98. The second kappa shape index (κ2) is 10.9. The molecule has 9 nitrogen and oxygen atoms in total. The molecule has 3 aromatic carbocycles. The highest BCUT2D eigenvalue weighted by atomic mass is 32.3. The maximum absolute atomic E-state index is 13.2. The largest absolute Gasteiger partial charge is 0.488 e. The van der Waals surface area contributed by atoms with Crippen molar-refractivity contribution in [1.29, 1.82) is 0 Å². The Morgan fingerprint density at radius 1 is 0.949 bits per heavy atom. The summed E-state index contributed by atoms with van der Waals surface area (Å²) in [5.74, 6) is -0.514. The minimum absolute atomic E-state index is 0.105. The van der Waals surface area contributed by atoms with Crippen molar-refractivity contribution in [2.24, 2.45) is 0 Å². The molecular formula is C28H29FN2O7S. The van der Waals surface area contributed by atoms with Crippen molar-refractivity contribution in [3.8, 4) is 16.9 Å². The van der Waals surface area contributed by atoms with Gasteiger partial charge in [-0.2, -0.15) is 8.42 Å². The van der Waals surface area contributed by atoms with Crippen LogP contribution in [0.15, 0.2) is 60.7 Å². The SMILES string of the molecule is Cc1c(CNC(=O)OCC2c3ccccc3-c3ccccc32)cc(OS(=O)(=O)F)cc1NC(=O)OC(C)(C)C. The predicted molar refractivity (Wildman–Crippen MR) is 144 cm³/mol. The fourth-order valence-electron chi connectivity index (χ4n) is 4.45. The van der Waals surface area contributed by atoms with E-state index in [-0.39, 0.29) is 24.8 Å². The number of nitrogens with one attached hydrogen (secondary N) is 2. The van der Waals surface area contributed by atoms with E-state index in [1.807, 2.05) is 48.5 Å². The third kappa shape index (κ3) is 7.05. The van der Waals surface area contributed by atoms with E-state index in [1.54, 1.807) is 27.7 Å². The van der Waals surface area contributed by atoms with E-state index in [4.69, 9.17) is 9.47 Å². The highest BCUT2D eigenvalue weighted by Gasteiger charge is 2.29. The number of amides is 2. The molecule has 1 aliphatic carbocycles. The van der Waals surface area contributed by atoms with Crippen molar-refractivity contribution in [1.82, 2.24) is 5.32 Å². The molecule has 206 valence electrons. The number of alkyl carbamates (subject to hydrolysis) is 1. The fourth-order valence-corrected chi connectivity index (χ4v) is 4.78. The van der Waals surface area contributed by atoms with Gasteiger partial charge < -0.3 is 19.0 Å². The number of ether oxygens (including phenoxy) is 2. The molecule has 4 rings (SSSR count). The molecule has 0 spiro atoms. The van der Waals surface area contributed by atoms with Gasteiger partial charge in [0.15, 0.2) is 0 Å². The molecule has 39 heavy (non-hydrogen) atoms. The van der Waals surface area contributed by atoms with Gasteiger partial charge in [0, 0.05) is 18.5 Å². The first-order chi connectivity index (χ1) is 18.3. The molecule has 0 saturated heterocycles. The molecule has 0 heterocycles. The molecule has 2 N–H and O–H groups in total. The number of hydrogen-bond acceptors (Lipinski definition) is 7. The molecule has 2 amide bonds. The standard InChI is InChI=1S/C28H29FN2O7S/c1-17-18(13-19(38-39(29,34)35)14-25(17)31-27(33)37-28(2,3)4)15-30-26(32)36-16-24-22-11-7-5-9-20(22)21-10-6-8-12-23(21)24/h5-14,24H,15-16H2,1-4H3,(H,30,32)(H,31,33). The zero-order valence-electron chi connectivity index (χ0n) is 21.9. The fraction of sp³-hybridized carbons (Fsp3) is 0.286. The number of carbonyl (C=O) groups excluding carboxylic acids is 2. The van der Waals surface area contributed by atoms with Crippen molar-refractivity contribution in [2.75, 3.05) is 11.9 Å². The van der Waals surface area contributed by atoms with Crippen LogP contribution in [0.3, 0.4) is 0 Å². The average molecular weight is 557 g/mol. The van der Waals surface area contributed by atoms with Crippen LogP contribution >= 0.6 is 0 Å². The minimum Gasteiger partial charge on any atom is -0.449 e. The lowest BCUT2D eigenvalue weighted by molar-refractivity contribution is 0.0635. The lowest BCUT2D eigenvalue weighted by Gasteiger charge is -2.21. The Balaban J connectivity index is 1.47. The third-order valence-electron chi connectivity index (χ3n) is 6.09. The molecule has 0 fully saturated rings. The predicted octanol–water partition coefficient (Wildman–Crippen LogP) is 5.97. The van der Waals surface area contributed by atoms with E-state index < -0.39 is 34.0 Å². The van der Waals surface area contributed by atoms with Gasteiger partial charge >= 0.3 is 22.7 Å². The van der Waals surface area contributed by atoms with Gasteiger partial charge in [-0.3, -0.25) is 5.32 Å². The molecule has 0 atom stereocenters. The summed E-state index contributed by atoms with van der Waals surface area (Å²) in [6.07, 6.45) is -1.51. The van der Waals surface area contributed by atoms with Crippen molar-refractivity contribution in [3.63, 3.8) is 0 Å². The lowest BCUT2D eigenvalue weighted by Crippen LogP contribution is -2.28. The van der Waals surface area contributed by atoms with Crippen molar-refractivity contribution < 1.29 is 35.5 Å². The third-order valence-corrected chi connectivity index (χ3v) is 6.48. The number of hydrogen-bond donors (Lipinski definition) is 2. The zero-order valence-corrected chi connectivity index (χ0v) is 22.7. The summed E-state index contributed by atoms with van der Waals surface area (Å²) in [7, 11) is -5.34. The number of anilines is 1. The highest BCUT2D eigenvalue weighted by molar-refractivity contribution is 7.81. The monoisotopic (exact) mass is 556 g/mol. The van der Waals surface area contributed by atoms with E-state index in [9.17, 15) is 21.9 Å².